The molecular weight excluding hydrogens is 332 g/mol. The lowest BCUT2D eigenvalue weighted by atomic mass is 9.64. The zero-order valence-corrected chi connectivity index (χ0v) is 14.2. The van der Waals surface area contributed by atoms with Crippen molar-refractivity contribution in [3.63, 3.8) is 0 Å². The van der Waals surface area contributed by atoms with E-state index in [9.17, 15) is 14.4 Å². The van der Waals surface area contributed by atoms with Gasteiger partial charge in [-0.2, -0.15) is 0 Å². The maximum absolute atomic E-state index is 12.1. The molecule has 134 valence electrons. The molecule has 7 heteroatoms. The summed E-state index contributed by atoms with van der Waals surface area (Å²) in [7, 11) is 0. The second-order valence-electron chi connectivity index (χ2n) is 6.41. The molecule has 1 aromatic heterocycles. The van der Waals surface area contributed by atoms with Gasteiger partial charge in [0, 0.05) is 12.0 Å². The van der Waals surface area contributed by atoms with Crippen molar-refractivity contribution in [2.75, 3.05) is 11.9 Å². The fraction of sp³-hybridized carbons (Fsp3) is 0.263. The lowest BCUT2D eigenvalue weighted by molar-refractivity contribution is -0.136. The van der Waals surface area contributed by atoms with Crippen LogP contribution in [0.5, 0.6) is 0 Å². The molecule has 1 aliphatic carbocycles. The molecule has 0 radical (unpaired) electrons. The number of primary amides is 1. The summed E-state index contributed by atoms with van der Waals surface area (Å²) >= 11 is 0. The number of anilines is 1. The molecule has 1 aliphatic rings. The molecule has 0 atom stereocenters. The molecule has 0 spiro atoms. The van der Waals surface area contributed by atoms with Crippen LogP contribution in [0.25, 0.3) is 0 Å². The third kappa shape index (κ3) is 3.72. The van der Waals surface area contributed by atoms with Gasteiger partial charge in [0.25, 0.3) is 5.91 Å². The maximum atomic E-state index is 12.1. The van der Waals surface area contributed by atoms with E-state index < -0.39 is 17.7 Å². The second-order valence-corrected chi connectivity index (χ2v) is 6.41. The van der Waals surface area contributed by atoms with Gasteiger partial charge < -0.3 is 16.4 Å². The minimum absolute atomic E-state index is 0.0145. The van der Waals surface area contributed by atoms with Crippen LogP contribution in [-0.4, -0.2) is 29.3 Å². The molecule has 3 rings (SSSR count). The van der Waals surface area contributed by atoms with Crippen LogP contribution in [0.2, 0.25) is 0 Å². The summed E-state index contributed by atoms with van der Waals surface area (Å²) in [6.07, 6.45) is 3.04. The van der Waals surface area contributed by atoms with Crippen LogP contribution in [0.15, 0.2) is 48.5 Å². The quantitative estimate of drug-likeness (QED) is 0.705. The zero-order chi connectivity index (χ0) is 18.6. The topological polar surface area (TPSA) is 114 Å². The summed E-state index contributed by atoms with van der Waals surface area (Å²) in [5.41, 5.74) is 6.23. The van der Waals surface area contributed by atoms with Crippen LogP contribution in [0.4, 0.5) is 5.82 Å². The summed E-state index contributed by atoms with van der Waals surface area (Å²) in [5, 5.41) is 5.09. The highest BCUT2D eigenvalue weighted by Crippen LogP contribution is 2.43. The lowest BCUT2D eigenvalue weighted by Crippen LogP contribution is -2.48. The average Bonchev–Trinajstić information content (AvgIpc) is 2.61. The summed E-state index contributed by atoms with van der Waals surface area (Å²) in [5.74, 6) is -2.18. The van der Waals surface area contributed by atoms with Gasteiger partial charge in [0.05, 0.1) is 0 Å². The Hall–Kier alpha value is -3.22. The molecule has 1 saturated carbocycles. The summed E-state index contributed by atoms with van der Waals surface area (Å²) in [4.78, 5) is 39.2. The number of hydrogen-bond donors (Lipinski definition) is 3. The Morgan fingerprint density at radius 3 is 2.35 bits per heavy atom. The highest BCUT2D eigenvalue weighted by molar-refractivity contribution is 6.39. The minimum Gasteiger partial charge on any atom is -0.364 e. The maximum Gasteiger partial charge on any atom is 0.314 e. The number of nitrogens with one attached hydrogen (secondary N) is 2. The molecule has 7 nitrogen and oxygen atoms in total. The van der Waals surface area contributed by atoms with Crippen LogP contribution in [0.1, 0.15) is 35.3 Å². The Labute approximate surface area is 151 Å². The largest absolute Gasteiger partial charge is 0.364 e. The first kappa shape index (κ1) is 17.6. The van der Waals surface area contributed by atoms with Gasteiger partial charge in [0.1, 0.15) is 11.5 Å². The van der Waals surface area contributed by atoms with Gasteiger partial charge in [0.2, 0.25) is 0 Å². The van der Waals surface area contributed by atoms with E-state index in [1.165, 1.54) is 23.8 Å². The van der Waals surface area contributed by atoms with Crippen LogP contribution >= 0.6 is 0 Å². The number of benzene rings is 1. The van der Waals surface area contributed by atoms with E-state index in [0.717, 1.165) is 19.3 Å². The molecule has 3 amide bonds. The fourth-order valence-electron chi connectivity index (χ4n) is 3.11. The standard InChI is InChI=1S/C19H20N4O3/c20-16(24)14-8-4-9-15(22-14)23-18(26)17(25)21-12-19(10-5-11-19)13-6-2-1-3-7-13/h1-4,6-9H,5,10-12H2,(H2,20,24)(H,21,25)(H,22,23,26). The number of hydrogen-bond acceptors (Lipinski definition) is 4. The van der Waals surface area contributed by atoms with Crippen molar-refractivity contribution >= 4 is 23.5 Å². The van der Waals surface area contributed by atoms with Crippen molar-refractivity contribution in [3.8, 4) is 0 Å². The Balaban J connectivity index is 1.60. The van der Waals surface area contributed by atoms with Crippen molar-refractivity contribution in [1.29, 1.82) is 0 Å². The predicted molar refractivity (Wildman–Crippen MR) is 96.4 cm³/mol. The van der Waals surface area contributed by atoms with E-state index in [1.807, 2.05) is 30.3 Å². The number of carbonyl (C=O) groups is 3. The first-order valence-corrected chi connectivity index (χ1v) is 8.42. The van der Waals surface area contributed by atoms with Crippen molar-refractivity contribution in [3.05, 3.63) is 59.8 Å². The van der Waals surface area contributed by atoms with E-state index in [-0.39, 0.29) is 16.9 Å². The summed E-state index contributed by atoms with van der Waals surface area (Å²) in [6.45, 7) is 0.401. The SMILES string of the molecule is NC(=O)c1cccc(NC(=O)C(=O)NCC2(c3ccccc3)CCC2)n1. The van der Waals surface area contributed by atoms with E-state index in [2.05, 4.69) is 15.6 Å². The number of amides is 3. The minimum atomic E-state index is -0.832. The van der Waals surface area contributed by atoms with Crippen LogP contribution in [-0.2, 0) is 15.0 Å². The first-order chi connectivity index (χ1) is 12.5. The molecule has 26 heavy (non-hydrogen) atoms. The van der Waals surface area contributed by atoms with Crippen molar-refractivity contribution < 1.29 is 14.4 Å². The Kier molecular flexibility index (Phi) is 4.97. The second kappa shape index (κ2) is 7.35. The highest BCUT2D eigenvalue weighted by atomic mass is 16.2. The van der Waals surface area contributed by atoms with E-state index >= 15 is 0 Å². The third-order valence-electron chi connectivity index (χ3n) is 4.73. The normalized spacial score (nSPS) is 14.8. The Morgan fingerprint density at radius 1 is 1.00 bits per heavy atom. The number of aromatic nitrogens is 1. The molecule has 1 fully saturated rings. The number of pyridine rings is 1. The third-order valence-corrected chi connectivity index (χ3v) is 4.73. The van der Waals surface area contributed by atoms with Gasteiger partial charge in [-0.05, 0) is 30.5 Å². The number of rotatable bonds is 5. The smallest absolute Gasteiger partial charge is 0.314 e. The van der Waals surface area contributed by atoms with Crippen LogP contribution in [0.3, 0.4) is 0 Å². The van der Waals surface area contributed by atoms with E-state index in [4.69, 9.17) is 5.73 Å². The lowest BCUT2D eigenvalue weighted by Gasteiger charge is -2.42. The number of nitrogens with two attached hydrogens (primary N) is 1. The monoisotopic (exact) mass is 352 g/mol. The molecule has 0 saturated heterocycles. The molecule has 0 aliphatic heterocycles. The van der Waals surface area contributed by atoms with Crippen molar-refractivity contribution in [2.45, 2.75) is 24.7 Å². The zero-order valence-electron chi connectivity index (χ0n) is 14.2. The molecule has 1 aromatic carbocycles. The first-order valence-electron chi connectivity index (χ1n) is 8.42. The molecule has 0 unspecified atom stereocenters. The van der Waals surface area contributed by atoms with E-state index in [0.29, 0.717) is 6.54 Å². The van der Waals surface area contributed by atoms with E-state index in [1.54, 1.807) is 0 Å². The number of carbonyl (C=O) groups excluding carboxylic acids is 3. The summed E-state index contributed by atoms with van der Waals surface area (Å²) in [6, 6.07) is 14.4. The van der Waals surface area contributed by atoms with Gasteiger partial charge in [-0.25, -0.2) is 4.98 Å². The Bertz CT molecular complexity index is 832. The van der Waals surface area contributed by atoms with Gasteiger partial charge in [-0.15, -0.1) is 0 Å². The van der Waals surface area contributed by atoms with Gasteiger partial charge in [-0.1, -0.05) is 42.8 Å². The van der Waals surface area contributed by atoms with Crippen LogP contribution in [0, 0.1) is 0 Å². The number of nitrogens with zero attached hydrogens (tertiary/aromatic N) is 1. The molecule has 2 aromatic rings. The fourth-order valence-corrected chi connectivity index (χ4v) is 3.11. The molecular formula is C19H20N4O3. The molecule has 4 N–H and O–H groups in total. The molecule has 1 heterocycles. The van der Waals surface area contributed by atoms with Crippen molar-refractivity contribution in [1.82, 2.24) is 10.3 Å². The Morgan fingerprint density at radius 2 is 1.73 bits per heavy atom. The molecule has 0 bridgehead atoms. The highest BCUT2D eigenvalue weighted by Gasteiger charge is 2.39. The summed E-state index contributed by atoms with van der Waals surface area (Å²) < 4.78 is 0. The predicted octanol–water partition coefficient (Wildman–Crippen LogP) is 1.36. The van der Waals surface area contributed by atoms with Gasteiger partial charge in [0.15, 0.2) is 0 Å². The van der Waals surface area contributed by atoms with Gasteiger partial charge in [-0.3, -0.25) is 14.4 Å². The van der Waals surface area contributed by atoms with Crippen LogP contribution < -0.4 is 16.4 Å². The van der Waals surface area contributed by atoms with Crippen molar-refractivity contribution in [2.24, 2.45) is 5.73 Å². The average molecular weight is 352 g/mol. The van der Waals surface area contributed by atoms with Gasteiger partial charge >= 0.3 is 11.8 Å².